The first-order valence-electron chi connectivity index (χ1n) is 3.97. The van der Waals surface area contributed by atoms with Crippen molar-refractivity contribution in [1.82, 2.24) is 5.32 Å². The average Bonchev–Trinajstić information content (AvgIpc) is 2.45. The lowest BCUT2D eigenvalue weighted by molar-refractivity contribution is -0.118. The van der Waals surface area contributed by atoms with Crippen LogP contribution >= 0.6 is 11.3 Å². The zero-order valence-electron chi connectivity index (χ0n) is 7.68. The van der Waals surface area contributed by atoms with Crippen LogP contribution in [-0.2, 0) is 4.79 Å². The topological polar surface area (TPSA) is 29.1 Å². The summed E-state index contributed by atoms with van der Waals surface area (Å²) in [5, 5.41) is 4.63. The summed E-state index contributed by atoms with van der Waals surface area (Å²) in [5.41, 5.74) is 1.05. The van der Waals surface area contributed by atoms with Crippen molar-refractivity contribution in [3.05, 3.63) is 21.9 Å². The molecule has 2 nitrogen and oxygen atoms in total. The van der Waals surface area contributed by atoms with E-state index in [0.717, 1.165) is 5.56 Å². The smallest absolute Gasteiger partial charge is 0.217 e. The summed E-state index contributed by atoms with van der Waals surface area (Å²) < 4.78 is 0. The fourth-order valence-corrected chi connectivity index (χ4v) is 1.48. The number of amides is 1. The highest BCUT2D eigenvalue weighted by molar-refractivity contribution is 7.10. The minimum atomic E-state index is -0.0451. The quantitative estimate of drug-likeness (QED) is 0.673. The van der Waals surface area contributed by atoms with Crippen LogP contribution in [0.3, 0.4) is 0 Å². The number of nitrogens with one attached hydrogen (secondary N) is 1. The molecule has 0 aliphatic heterocycles. The molecule has 0 bridgehead atoms. The van der Waals surface area contributed by atoms with E-state index in [0.29, 0.717) is 6.54 Å². The van der Waals surface area contributed by atoms with Gasteiger partial charge < -0.3 is 5.32 Å². The maximum absolute atomic E-state index is 10.5. The van der Waals surface area contributed by atoms with Gasteiger partial charge in [-0.15, -0.1) is 11.3 Å². The van der Waals surface area contributed by atoms with Crippen molar-refractivity contribution in [3.63, 3.8) is 0 Å². The predicted octanol–water partition coefficient (Wildman–Crippen LogP) is 1.54. The lowest BCUT2D eigenvalue weighted by Gasteiger charge is -1.90. The molecule has 0 aromatic carbocycles. The van der Waals surface area contributed by atoms with Gasteiger partial charge in [-0.3, -0.25) is 4.79 Å². The Morgan fingerprint density at radius 1 is 1.69 bits per heavy atom. The summed E-state index contributed by atoms with van der Waals surface area (Å²) in [6, 6.07) is 1.99. The van der Waals surface area contributed by atoms with Gasteiger partial charge in [0.15, 0.2) is 0 Å². The van der Waals surface area contributed by atoms with Crippen molar-refractivity contribution in [3.8, 4) is 11.8 Å². The summed E-state index contributed by atoms with van der Waals surface area (Å²) in [6.45, 7) is 3.94. The van der Waals surface area contributed by atoms with Crippen LogP contribution in [0.25, 0.3) is 0 Å². The molecule has 0 atom stereocenters. The van der Waals surface area contributed by atoms with Crippen LogP contribution in [0.4, 0.5) is 0 Å². The minimum absolute atomic E-state index is 0.0451. The lowest BCUT2D eigenvalue weighted by Crippen LogP contribution is -2.19. The second-order valence-electron chi connectivity index (χ2n) is 2.60. The molecule has 0 unspecified atom stereocenters. The fourth-order valence-electron chi connectivity index (χ4n) is 0.823. The van der Waals surface area contributed by atoms with E-state index in [-0.39, 0.29) is 5.91 Å². The van der Waals surface area contributed by atoms with Gasteiger partial charge in [0.1, 0.15) is 0 Å². The van der Waals surface area contributed by atoms with Gasteiger partial charge in [-0.2, -0.15) is 0 Å². The van der Waals surface area contributed by atoms with E-state index >= 15 is 0 Å². The average molecular weight is 193 g/mol. The standard InChI is InChI=1S/C10H11NOS/c1-8-10(5-7-13-8)4-3-6-11-9(2)12/h5,7H,6H2,1-2H3,(H,11,12). The van der Waals surface area contributed by atoms with Crippen molar-refractivity contribution in [2.75, 3.05) is 6.54 Å². The Bertz CT molecular complexity index is 356. The summed E-state index contributed by atoms with van der Waals surface area (Å²) in [5.74, 6) is 5.83. The highest BCUT2D eigenvalue weighted by atomic mass is 32.1. The van der Waals surface area contributed by atoms with Crippen molar-refractivity contribution in [2.24, 2.45) is 0 Å². The molecule has 0 fully saturated rings. The van der Waals surface area contributed by atoms with Gasteiger partial charge in [-0.25, -0.2) is 0 Å². The summed E-state index contributed by atoms with van der Waals surface area (Å²) >= 11 is 1.68. The first kappa shape index (κ1) is 9.82. The Balaban J connectivity index is 2.49. The van der Waals surface area contributed by atoms with Crippen LogP contribution < -0.4 is 5.32 Å². The molecule has 1 rings (SSSR count). The number of carbonyl (C=O) groups excluding carboxylic acids is 1. The molecular formula is C10H11NOS. The number of hydrogen-bond donors (Lipinski definition) is 1. The largest absolute Gasteiger partial charge is 0.345 e. The molecular weight excluding hydrogens is 182 g/mol. The van der Waals surface area contributed by atoms with Crippen molar-refractivity contribution in [2.45, 2.75) is 13.8 Å². The van der Waals surface area contributed by atoms with Gasteiger partial charge in [-0.1, -0.05) is 11.8 Å². The molecule has 0 saturated heterocycles. The van der Waals surface area contributed by atoms with E-state index in [1.54, 1.807) is 11.3 Å². The lowest BCUT2D eigenvalue weighted by atomic mass is 10.3. The van der Waals surface area contributed by atoms with E-state index in [1.807, 2.05) is 18.4 Å². The van der Waals surface area contributed by atoms with Crippen LogP contribution in [0, 0.1) is 18.8 Å². The Kier molecular flexibility index (Phi) is 3.53. The summed E-state index contributed by atoms with van der Waals surface area (Å²) in [7, 11) is 0. The van der Waals surface area contributed by atoms with Crippen molar-refractivity contribution < 1.29 is 4.79 Å². The molecule has 13 heavy (non-hydrogen) atoms. The molecule has 1 aromatic heterocycles. The molecule has 0 saturated carbocycles. The highest BCUT2D eigenvalue weighted by Crippen LogP contribution is 2.12. The van der Waals surface area contributed by atoms with Gasteiger partial charge in [0, 0.05) is 17.4 Å². The van der Waals surface area contributed by atoms with Crippen molar-refractivity contribution in [1.29, 1.82) is 0 Å². The van der Waals surface area contributed by atoms with Gasteiger partial charge in [0.2, 0.25) is 5.91 Å². The van der Waals surface area contributed by atoms with Crippen molar-refractivity contribution >= 4 is 17.2 Å². The van der Waals surface area contributed by atoms with Crippen LogP contribution in [0.2, 0.25) is 0 Å². The first-order chi connectivity index (χ1) is 6.20. The van der Waals surface area contributed by atoms with Gasteiger partial charge in [0.05, 0.1) is 6.54 Å². The number of rotatable bonds is 1. The van der Waals surface area contributed by atoms with Crippen LogP contribution in [0.5, 0.6) is 0 Å². The molecule has 1 aromatic rings. The third-order valence-corrected chi connectivity index (χ3v) is 2.35. The van der Waals surface area contributed by atoms with E-state index in [9.17, 15) is 4.79 Å². The van der Waals surface area contributed by atoms with Gasteiger partial charge >= 0.3 is 0 Å². The minimum Gasteiger partial charge on any atom is -0.345 e. The highest BCUT2D eigenvalue weighted by Gasteiger charge is 1.92. The Morgan fingerprint density at radius 3 is 3.00 bits per heavy atom. The maximum atomic E-state index is 10.5. The molecule has 3 heteroatoms. The normalized spacial score (nSPS) is 8.77. The van der Waals surface area contributed by atoms with Crippen LogP contribution in [-0.4, -0.2) is 12.5 Å². The zero-order chi connectivity index (χ0) is 9.68. The van der Waals surface area contributed by atoms with E-state index in [4.69, 9.17) is 0 Å². The molecule has 0 radical (unpaired) electrons. The summed E-state index contributed by atoms with van der Waals surface area (Å²) in [6.07, 6.45) is 0. The second-order valence-corrected chi connectivity index (χ2v) is 3.72. The summed E-state index contributed by atoms with van der Waals surface area (Å²) in [4.78, 5) is 11.7. The molecule has 0 aliphatic rings. The zero-order valence-corrected chi connectivity index (χ0v) is 8.49. The number of aryl methyl sites for hydroxylation is 1. The van der Waals surface area contributed by atoms with E-state index in [1.165, 1.54) is 11.8 Å². The number of carbonyl (C=O) groups is 1. The maximum Gasteiger partial charge on any atom is 0.217 e. The Hall–Kier alpha value is -1.27. The van der Waals surface area contributed by atoms with Gasteiger partial charge in [0.25, 0.3) is 0 Å². The monoisotopic (exact) mass is 193 g/mol. The molecule has 0 aliphatic carbocycles. The second kappa shape index (κ2) is 4.68. The van der Waals surface area contributed by atoms with E-state index < -0.39 is 0 Å². The molecule has 1 heterocycles. The third kappa shape index (κ3) is 3.30. The predicted molar refractivity (Wildman–Crippen MR) is 54.6 cm³/mol. The number of hydrogen-bond acceptors (Lipinski definition) is 2. The molecule has 1 amide bonds. The van der Waals surface area contributed by atoms with E-state index in [2.05, 4.69) is 17.2 Å². The fraction of sp³-hybridized carbons (Fsp3) is 0.300. The van der Waals surface area contributed by atoms with Gasteiger partial charge in [-0.05, 0) is 18.4 Å². The molecule has 68 valence electrons. The first-order valence-corrected chi connectivity index (χ1v) is 4.85. The van der Waals surface area contributed by atoms with Crippen LogP contribution in [0.1, 0.15) is 17.4 Å². The Morgan fingerprint density at radius 2 is 2.46 bits per heavy atom. The molecule has 0 spiro atoms. The van der Waals surface area contributed by atoms with Crippen LogP contribution in [0.15, 0.2) is 11.4 Å². The Labute approximate surface area is 82.0 Å². The number of thiophene rings is 1. The molecule has 1 N–H and O–H groups in total. The SMILES string of the molecule is CC(=O)NCC#Cc1ccsc1C. The third-order valence-electron chi connectivity index (χ3n) is 1.51.